The number of benzene rings is 10. The Balaban J connectivity index is 1.07. The Morgan fingerprint density at radius 2 is 0.841 bits per heavy atom. The molecule has 2 heterocycles. The highest BCUT2D eigenvalue weighted by atomic mass is 16.3. The normalized spacial score (nSPS) is 11.5. The van der Waals surface area contributed by atoms with E-state index in [-0.39, 0.29) is 0 Å². The Labute approximate surface area is 366 Å². The molecule has 12 aromatic rings. The quantitative estimate of drug-likeness (QED) is 0.153. The van der Waals surface area contributed by atoms with Crippen molar-refractivity contribution in [3.05, 3.63) is 243 Å². The summed E-state index contributed by atoms with van der Waals surface area (Å²) in [5, 5.41) is 4.67. The summed E-state index contributed by atoms with van der Waals surface area (Å²) in [6, 6.07) is 87.2. The van der Waals surface area contributed by atoms with Gasteiger partial charge in [-0.3, -0.25) is 0 Å². The molecule has 0 N–H and O–H groups in total. The molecule has 0 radical (unpaired) electrons. The van der Waals surface area contributed by atoms with Gasteiger partial charge in [-0.25, -0.2) is 0 Å². The van der Waals surface area contributed by atoms with Crippen LogP contribution >= 0.6 is 0 Å². The van der Waals surface area contributed by atoms with E-state index >= 15 is 0 Å². The highest BCUT2D eigenvalue weighted by Gasteiger charge is 2.22. The number of anilines is 3. The van der Waals surface area contributed by atoms with Crippen LogP contribution in [0, 0.1) is 0 Å². The van der Waals surface area contributed by atoms with Crippen molar-refractivity contribution < 1.29 is 4.42 Å². The highest BCUT2D eigenvalue weighted by molar-refractivity contribution is 6.13. The summed E-state index contributed by atoms with van der Waals surface area (Å²) >= 11 is 0. The molecular weight excluding hydrogens is 765 g/mol. The maximum absolute atomic E-state index is 6.31. The molecule has 0 atom stereocenters. The van der Waals surface area contributed by atoms with Crippen LogP contribution in [-0.2, 0) is 0 Å². The van der Waals surface area contributed by atoms with Gasteiger partial charge in [-0.15, -0.1) is 0 Å². The summed E-state index contributed by atoms with van der Waals surface area (Å²) in [6.07, 6.45) is 0. The van der Waals surface area contributed by atoms with E-state index in [0.29, 0.717) is 0 Å². The minimum atomic E-state index is 0.892. The van der Waals surface area contributed by atoms with Crippen LogP contribution in [0.4, 0.5) is 17.1 Å². The lowest BCUT2D eigenvalue weighted by atomic mass is 9.88. The van der Waals surface area contributed by atoms with E-state index in [9.17, 15) is 0 Å². The van der Waals surface area contributed by atoms with Crippen LogP contribution in [0.25, 0.3) is 93.9 Å². The maximum atomic E-state index is 6.31. The summed E-state index contributed by atoms with van der Waals surface area (Å²) in [7, 11) is 0. The number of nitrogens with zero attached hydrogens (tertiary/aromatic N) is 2. The van der Waals surface area contributed by atoms with Crippen LogP contribution in [0.5, 0.6) is 0 Å². The first kappa shape index (κ1) is 36.5. The third kappa shape index (κ3) is 6.21. The van der Waals surface area contributed by atoms with E-state index in [2.05, 4.69) is 240 Å². The monoisotopic (exact) mass is 804 g/mol. The molecule has 0 bridgehead atoms. The summed E-state index contributed by atoms with van der Waals surface area (Å²) in [6.45, 7) is 0. The average molecular weight is 805 g/mol. The lowest BCUT2D eigenvalue weighted by Crippen LogP contribution is -2.11. The van der Waals surface area contributed by atoms with Gasteiger partial charge in [0.2, 0.25) is 0 Å². The molecule has 0 unspecified atom stereocenters. The second-order valence-electron chi connectivity index (χ2n) is 16.0. The fraction of sp³-hybridized carbons (Fsp3) is 0. The number of furan rings is 1. The van der Waals surface area contributed by atoms with E-state index < -0.39 is 0 Å². The first-order valence-corrected chi connectivity index (χ1v) is 21.5. The molecule has 0 spiro atoms. The van der Waals surface area contributed by atoms with Gasteiger partial charge in [0.15, 0.2) is 0 Å². The lowest BCUT2D eigenvalue weighted by Gasteiger charge is -2.29. The first-order chi connectivity index (χ1) is 31.3. The van der Waals surface area contributed by atoms with E-state index in [4.69, 9.17) is 4.42 Å². The second kappa shape index (κ2) is 15.3. The summed E-state index contributed by atoms with van der Waals surface area (Å²) in [5.41, 5.74) is 17.9. The predicted molar refractivity (Wildman–Crippen MR) is 264 cm³/mol. The third-order valence-corrected chi connectivity index (χ3v) is 12.4. The Morgan fingerprint density at radius 1 is 0.317 bits per heavy atom. The maximum Gasteiger partial charge on any atom is 0.136 e. The van der Waals surface area contributed by atoms with Gasteiger partial charge < -0.3 is 13.9 Å². The largest absolute Gasteiger partial charge is 0.456 e. The van der Waals surface area contributed by atoms with Gasteiger partial charge >= 0.3 is 0 Å². The van der Waals surface area contributed by atoms with E-state index in [0.717, 1.165) is 66.9 Å². The van der Waals surface area contributed by atoms with Gasteiger partial charge in [0.1, 0.15) is 11.2 Å². The van der Waals surface area contributed by atoms with Crippen LogP contribution in [-0.4, -0.2) is 4.57 Å². The van der Waals surface area contributed by atoms with Crippen LogP contribution in [0.2, 0.25) is 0 Å². The minimum Gasteiger partial charge on any atom is -0.456 e. The van der Waals surface area contributed by atoms with Gasteiger partial charge in [0.05, 0.1) is 16.7 Å². The molecule has 10 aromatic carbocycles. The Hall–Kier alpha value is -8.40. The molecule has 3 nitrogen and oxygen atoms in total. The standard InChI is InChI=1S/C60H40N2O/c1-3-18-41(19-4-1)46-22-7-8-23-48(46)49-24-9-10-25-50(49)51-26-11-14-30-55(51)61(44-36-34-42(35-37-44)47-29-17-33-59-60(47)53-28-13-16-32-58(53)63-59)45-38-39-57-54(40-45)52-27-12-15-31-56(52)62(57)43-20-5-2-6-21-43/h1-40H. The van der Waals surface area contributed by atoms with Gasteiger partial charge in [-0.1, -0.05) is 176 Å². The molecule has 0 amide bonds. The lowest BCUT2D eigenvalue weighted by molar-refractivity contribution is 0.669. The number of rotatable bonds is 8. The molecule has 0 fully saturated rings. The molecule has 0 aliphatic rings. The molecule has 3 heteroatoms. The van der Waals surface area contributed by atoms with Crippen molar-refractivity contribution in [1.29, 1.82) is 0 Å². The fourth-order valence-electron chi connectivity index (χ4n) is 9.62. The number of hydrogen-bond donors (Lipinski definition) is 0. The molecular formula is C60H40N2O. The Kier molecular flexibility index (Phi) is 8.83. The van der Waals surface area contributed by atoms with E-state index in [1.54, 1.807) is 0 Å². The van der Waals surface area contributed by atoms with Crippen molar-refractivity contribution in [2.24, 2.45) is 0 Å². The second-order valence-corrected chi connectivity index (χ2v) is 16.0. The third-order valence-electron chi connectivity index (χ3n) is 12.4. The van der Waals surface area contributed by atoms with Crippen molar-refractivity contribution in [2.45, 2.75) is 0 Å². The fourth-order valence-corrected chi connectivity index (χ4v) is 9.62. The molecule has 0 saturated carbocycles. The molecule has 2 aromatic heterocycles. The summed E-state index contributed by atoms with van der Waals surface area (Å²) in [4.78, 5) is 2.43. The molecule has 0 saturated heterocycles. The number of hydrogen-bond acceptors (Lipinski definition) is 2. The van der Waals surface area contributed by atoms with E-state index in [1.807, 2.05) is 12.1 Å². The number of para-hydroxylation sites is 4. The van der Waals surface area contributed by atoms with Crippen LogP contribution in [0.1, 0.15) is 0 Å². The molecule has 63 heavy (non-hydrogen) atoms. The molecule has 0 aliphatic carbocycles. The predicted octanol–water partition coefficient (Wildman–Crippen LogP) is 16.8. The van der Waals surface area contributed by atoms with Crippen molar-refractivity contribution >= 4 is 60.8 Å². The minimum absolute atomic E-state index is 0.892. The molecule has 12 rings (SSSR count). The average Bonchev–Trinajstić information content (AvgIpc) is 3.91. The zero-order valence-electron chi connectivity index (χ0n) is 34.4. The van der Waals surface area contributed by atoms with Crippen LogP contribution < -0.4 is 4.90 Å². The van der Waals surface area contributed by atoms with Crippen molar-refractivity contribution in [3.8, 4) is 50.2 Å². The van der Waals surface area contributed by atoms with Crippen molar-refractivity contribution in [3.63, 3.8) is 0 Å². The molecule has 296 valence electrons. The number of fused-ring (bicyclic) bond motifs is 6. The summed E-state index contributed by atoms with van der Waals surface area (Å²) in [5.74, 6) is 0. The zero-order chi connectivity index (χ0) is 41.7. The van der Waals surface area contributed by atoms with Crippen molar-refractivity contribution in [1.82, 2.24) is 4.57 Å². The summed E-state index contributed by atoms with van der Waals surface area (Å²) < 4.78 is 8.68. The topological polar surface area (TPSA) is 21.3 Å². The highest BCUT2D eigenvalue weighted by Crippen LogP contribution is 2.47. The van der Waals surface area contributed by atoms with Gasteiger partial charge in [-0.05, 0) is 106 Å². The Bertz CT molecular complexity index is 3620. The van der Waals surface area contributed by atoms with Gasteiger partial charge in [0.25, 0.3) is 0 Å². The number of aromatic nitrogens is 1. The van der Waals surface area contributed by atoms with Crippen molar-refractivity contribution in [2.75, 3.05) is 4.90 Å². The zero-order valence-corrected chi connectivity index (χ0v) is 34.4. The SMILES string of the molecule is c1ccc(-c2ccccc2-c2ccccc2-c2ccccc2N(c2ccc(-c3cccc4oc5ccccc5c34)cc2)c2ccc3c(c2)c2ccccc2n3-c2ccccc2)cc1. The van der Waals surface area contributed by atoms with Crippen LogP contribution in [0.3, 0.4) is 0 Å². The van der Waals surface area contributed by atoms with Crippen LogP contribution in [0.15, 0.2) is 247 Å². The van der Waals surface area contributed by atoms with Gasteiger partial charge in [0, 0.05) is 44.2 Å². The first-order valence-electron chi connectivity index (χ1n) is 21.5. The van der Waals surface area contributed by atoms with Gasteiger partial charge in [-0.2, -0.15) is 0 Å². The van der Waals surface area contributed by atoms with E-state index in [1.165, 1.54) is 44.1 Å². The molecule has 0 aliphatic heterocycles. The smallest absolute Gasteiger partial charge is 0.136 e. The Morgan fingerprint density at radius 3 is 1.62 bits per heavy atom.